The molecule has 2 aromatic rings. The second kappa shape index (κ2) is 5.22. The van der Waals surface area contributed by atoms with Crippen molar-refractivity contribution in [3.8, 4) is 11.4 Å². The van der Waals surface area contributed by atoms with Crippen molar-refractivity contribution >= 4 is 0 Å². The quantitative estimate of drug-likeness (QED) is 0.909. The van der Waals surface area contributed by atoms with Gasteiger partial charge in [-0.1, -0.05) is 12.1 Å². The van der Waals surface area contributed by atoms with Gasteiger partial charge in [0.15, 0.2) is 11.6 Å². The van der Waals surface area contributed by atoms with Gasteiger partial charge < -0.3 is 9.63 Å². The predicted octanol–water partition coefficient (Wildman–Crippen LogP) is 2.33. The Morgan fingerprint density at radius 2 is 2.11 bits per heavy atom. The maximum Gasteiger partial charge on any atom is 0.229 e. The number of hydrogen-bond acceptors (Lipinski definition) is 4. The van der Waals surface area contributed by atoms with Gasteiger partial charge >= 0.3 is 0 Å². The van der Waals surface area contributed by atoms with E-state index in [0.29, 0.717) is 12.0 Å². The van der Waals surface area contributed by atoms with Gasteiger partial charge in [0.05, 0.1) is 12.5 Å². The maximum atomic E-state index is 13.0. The number of rotatable bonds is 4. The summed E-state index contributed by atoms with van der Waals surface area (Å²) in [6.07, 6.45) is 0.263. The van der Waals surface area contributed by atoms with Crippen LogP contribution in [0, 0.1) is 11.6 Å². The Kier molecular flexibility index (Phi) is 3.66. The van der Waals surface area contributed by atoms with E-state index < -0.39 is 17.7 Å². The van der Waals surface area contributed by atoms with Crippen molar-refractivity contribution in [1.82, 2.24) is 10.1 Å². The normalized spacial score (nSPS) is 12.7. The Morgan fingerprint density at radius 1 is 1.33 bits per heavy atom. The highest BCUT2D eigenvalue weighted by atomic mass is 19.2. The zero-order valence-corrected chi connectivity index (χ0v) is 9.73. The summed E-state index contributed by atoms with van der Waals surface area (Å²) in [5.74, 6) is -1.45. The minimum absolute atomic E-state index is 0.173. The maximum absolute atomic E-state index is 13.0. The Balaban J connectivity index is 2.21. The fraction of sp³-hybridized carbons (Fsp3) is 0.333. The third-order valence-electron chi connectivity index (χ3n) is 2.53. The summed E-state index contributed by atoms with van der Waals surface area (Å²) in [6.45, 7) is 1.83. The second-order valence-corrected chi connectivity index (χ2v) is 3.91. The van der Waals surface area contributed by atoms with Crippen LogP contribution in [-0.2, 0) is 6.42 Å². The lowest BCUT2D eigenvalue weighted by atomic mass is 10.2. The minimum atomic E-state index is -0.965. The molecule has 2 rings (SSSR count). The molecule has 0 aliphatic rings. The molecule has 0 aliphatic carbocycles. The average Bonchev–Trinajstić information content (AvgIpc) is 2.81. The molecule has 6 heteroatoms. The van der Waals surface area contributed by atoms with Crippen LogP contribution in [-0.4, -0.2) is 21.4 Å². The molecular formula is C12H12F2N2O2. The van der Waals surface area contributed by atoms with E-state index in [1.165, 1.54) is 6.07 Å². The highest BCUT2D eigenvalue weighted by Gasteiger charge is 2.13. The molecule has 0 saturated carbocycles. The summed E-state index contributed by atoms with van der Waals surface area (Å²) >= 11 is 0. The van der Waals surface area contributed by atoms with E-state index >= 15 is 0 Å². The summed E-state index contributed by atoms with van der Waals surface area (Å²) in [4.78, 5) is 4.01. The highest BCUT2D eigenvalue weighted by molar-refractivity contribution is 5.54. The molecule has 4 nitrogen and oxygen atoms in total. The van der Waals surface area contributed by atoms with E-state index in [0.717, 1.165) is 12.1 Å². The zero-order chi connectivity index (χ0) is 13.1. The first-order chi connectivity index (χ1) is 8.60. The third kappa shape index (κ3) is 2.70. The fourth-order valence-corrected chi connectivity index (χ4v) is 1.44. The van der Waals surface area contributed by atoms with Crippen LogP contribution in [0.5, 0.6) is 0 Å². The van der Waals surface area contributed by atoms with Crippen LogP contribution in [0.2, 0.25) is 0 Å². The Bertz CT molecular complexity index is 543. The molecule has 96 valence electrons. The summed E-state index contributed by atoms with van der Waals surface area (Å²) in [6, 6.07) is 3.37. The summed E-state index contributed by atoms with van der Waals surface area (Å²) in [5.41, 5.74) is 0.329. The van der Waals surface area contributed by atoms with Crippen molar-refractivity contribution in [3.05, 3.63) is 35.7 Å². The van der Waals surface area contributed by atoms with Crippen LogP contribution in [0.4, 0.5) is 8.78 Å². The average molecular weight is 254 g/mol. The van der Waals surface area contributed by atoms with E-state index in [-0.39, 0.29) is 18.1 Å². The smallest absolute Gasteiger partial charge is 0.229 e. The molecule has 1 aromatic heterocycles. The van der Waals surface area contributed by atoms with Crippen molar-refractivity contribution in [1.29, 1.82) is 0 Å². The molecule has 0 fully saturated rings. The largest absolute Gasteiger partial charge is 0.393 e. The van der Waals surface area contributed by atoms with Gasteiger partial charge in [-0.05, 0) is 24.6 Å². The van der Waals surface area contributed by atoms with Gasteiger partial charge in [0, 0.05) is 5.56 Å². The van der Waals surface area contributed by atoms with Gasteiger partial charge in [0.2, 0.25) is 11.7 Å². The van der Waals surface area contributed by atoms with Crippen LogP contribution in [0.15, 0.2) is 22.7 Å². The molecule has 1 aromatic carbocycles. The van der Waals surface area contributed by atoms with Crippen LogP contribution in [0.25, 0.3) is 11.4 Å². The monoisotopic (exact) mass is 254 g/mol. The van der Waals surface area contributed by atoms with Gasteiger partial charge in [0.1, 0.15) is 0 Å². The number of aromatic nitrogens is 2. The summed E-state index contributed by atoms with van der Waals surface area (Å²) in [5, 5.41) is 13.1. The minimum Gasteiger partial charge on any atom is -0.393 e. The molecule has 18 heavy (non-hydrogen) atoms. The first-order valence-electron chi connectivity index (χ1n) is 5.56. The fourth-order valence-electron chi connectivity index (χ4n) is 1.44. The van der Waals surface area contributed by atoms with Crippen molar-refractivity contribution in [3.63, 3.8) is 0 Å². The lowest BCUT2D eigenvalue weighted by Gasteiger charge is -2.01. The van der Waals surface area contributed by atoms with E-state index in [4.69, 9.17) is 4.52 Å². The summed E-state index contributed by atoms with van der Waals surface area (Å²) in [7, 11) is 0. The molecule has 1 heterocycles. The number of hydrogen-bond donors (Lipinski definition) is 1. The number of aliphatic hydroxyl groups is 1. The molecule has 1 unspecified atom stereocenters. The SMILES string of the molecule is CCC(O)Cc1nc(-c2ccc(F)c(F)c2)no1. The second-order valence-electron chi connectivity index (χ2n) is 3.91. The molecule has 0 amide bonds. The molecule has 1 N–H and O–H groups in total. The van der Waals surface area contributed by atoms with E-state index in [1.54, 1.807) is 0 Å². The van der Waals surface area contributed by atoms with Crippen molar-refractivity contribution < 1.29 is 18.4 Å². The highest BCUT2D eigenvalue weighted by Crippen LogP contribution is 2.19. The first kappa shape index (κ1) is 12.6. The number of halogens is 2. The van der Waals surface area contributed by atoms with E-state index in [9.17, 15) is 13.9 Å². The predicted molar refractivity (Wildman–Crippen MR) is 59.7 cm³/mol. The van der Waals surface area contributed by atoms with Crippen LogP contribution in [0.3, 0.4) is 0 Å². The zero-order valence-electron chi connectivity index (χ0n) is 9.73. The molecule has 1 atom stereocenters. The third-order valence-corrected chi connectivity index (χ3v) is 2.53. The topological polar surface area (TPSA) is 59.2 Å². The van der Waals surface area contributed by atoms with E-state index in [2.05, 4.69) is 10.1 Å². The Labute approximate surface area is 102 Å². The van der Waals surface area contributed by atoms with E-state index in [1.807, 2.05) is 6.92 Å². The van der Waals surface area contributed by atoms with Gasteiger partial charge in [-0.2, -0.15) is 4.98 Å². The van der Waals surface area contributed by atoms with Crippen LogP contribution < -0.4 is 0 Å². The van der Waals surface area contributed by atoms with Gasteiger partial charge in [-0.3, -0.25) is 0 Å². The lowest BCUT2D eigenvalue weighted by Crippen LogP contribution is -2.08. The number of benzene rings is 1. The van der Waals surface area contributed by atoms with Crippen molar-refractivity contribution in [2.24, 2.45) is 0 Å². The molecule has 0 bridgehead atoms. The van der Waals surface area contributed by atoms with Gasteiger partial charge in [-0.15, -0.1) is 0 Å². The van der Waals surface area contributed by atoms with Gasteiger partial charge in [-0.25, -0.2) is 8.78 Å². The molecule has 0 saturated heterocycles. The molecular weight excluding hydrogens is 242 g/mol. The van der Waals surface area contributed by atoms with Crippen molar-refractivity contribution in [2.45, 2.75) is 25.9 Å². The van der Waals surface area contributed by atoms with Crippen LogP contribution in [0.1, 0.15) is 19.2 Å². The molecule has 0 radical (unpaired) electrons. The number of nitrogens with zero attached hydrogens (tertiary/aromatic N) is 2. The Hall–Kier alpha value is -1.82. The van der Waals surface area contributed by atoms with Crippen LogP contribution >= 0.6 is 0 Å². The first-order valence-corrected chi connectivity index (χ1v) is 5.56. The number of aliphatic hydroxyl groups excluding tert-OH is 1. The molecule has 0 aliphatic heterocycles. The Morgan fingerprint density at radius 3 is 2.78 bits per heavy atom. The standard InChI is InChI=1S/C12H12F2N2O2/c1-2-8(17)6-11-15-12(16-18-11)7-3-4-9(13)10(14)5-7/h3-5,8,17H,2,6H2,1H3. The van der Waals surface area contributed by atoms with Gasteiger partial charge in [0.25, 0.3) is 0 Å². The lowest BCUT2D eigenvalue weighted by molar-refractivity contribution is 0.158. The summed E-state index contributed by atoms with van der Waals surface area (Å²) < 4.78 is 30.7. The molecule has 0 spiro atoms. The van der Waals surface area contributed by atoms with Crippen molar-refractivity contribution in [2.75, 3.05) is 0 Å².